The van der Waals surface area contributed by atoms with Crippen molar-refractivity contribution in [3.8, 4) is 11.5 Å². The summed E-state index contributed by atoms with van der Waals surface area (Å²) in [6, 6.07) is 12.3. The molecule has 5 nitrogen and oxygen atoms in total. The van der Waals surface area contributed by atoms with Crippen molar-refractivity contribution in [3.63, 3.8) is 0 Å². The lowest BCUT2D eigenvalue weighted by atomic mass is 10.1. The number of nitrogens with zero attached hydrogens (tertiary/aromatic N) is 1. The SMILES string of the molecule is COc1ccc(C2CCCN2S(=O)(=O)c2ccc(OC)c(Br)c2)cc1. The number of benzene rings is 2. The fraction of sp³-hybridized carbons (Fsp3) is 0.333. The van der Waals surface area contributed by atoms with E-state index >= 15 is 0 Å². The van der Waals surface area contributed by atoms with Crippen LogP contribution in [0.25, 0.3) is 0 Å². The van der Waals surface area contributed by atoms with E-state index in [0.717, 1.165) is 24.2 Å². The summed E-state index contributed by atoms with van der Waals surface area (Å²) >= 11 is 3.36. The van der Waals surface area contributed by atoms with Gasteiger partial charge in [0.2, 0.25) is 10.0 Å². The van der Waals surface area contributed by atoms with E-state index in [1.54, 1.807) is 36.7 Å². The highest BCUT2D eigenvalue weighted by atomic mass is 79.9. The maximum absolute atomic E-state index is 13.1. The first-order valence-corrected chi connectivity index (χ1v) is 10.2. The second-order valence-corrected chi connectivity index (χ2v) is 8.59. The Balaban J connectivity index is 1.93. The van der Waals surface area contributed by atoms with Gasteiger partial charge in [-0.05, 0) is 64.7 Å². The third kappa shape index (κ3) is 3.54. The zero-order valence-electron chi connectivity index (χ0n) is 14.1. The smallest absolute Gasteiger partial charge is 0.243 e. The van der Waals surface area contributed by atoms with E-state index in [1.807, 2.05) is 24.3 Å². The molecule has 1 unspecified atom stereocenters. The lowest BCUT2D eigenvalue weighted by molar-refractivity contribution is 0.394. The fourth-order valence-electron chi connectivity index (χ4n) is 3.13. The van der Waals surface area contributed by atoms with E-state index in [-0.39, 0.29) is 10.9 Å². The monoisotopic (exact) mass is 425 g/mol. The molecule has 0 aromatic heterocycles. The van der Waals surface area contributed by atoms with Gasteiger partial charge in [0.1, 0.15) is 11.5 Å². The maximum atomic E-state index is 13.1. The highest BCUT2D eigenvalue weighted by molar-refractivity contribution is 9.10. The van der Waals surface area contributed by atoms with Gasteiger partial charge in [0.15, 0.2) is 0 Å². The van der Waals surface area contributed by atoms with Crippen molar-refractivity contribution < 1.29 is 17.9 Å². The Hall–Kier alpha value is -1.57. The van der Waals surface area contributed by atoms with E-state index in [9.17, 15) is 8.42 Å². The molecule has 3 rings (SSSR count). The molecule has 0 spiro atoms. The highest BCUT2D eigenvalue weighted by Gasteiger charge is 2.36. The lowest BCUT2D eigenvalue weighted by Crippen LogP contribution is -2.30. The van der Waals surface area contributed by atoms with Crippen molar-refractivity contribution in [1.29, 1.82) is 0 Å². The van der Waals surface area contributed by atoms with Gasteiger partial charge < -0.3 is 9.47 Å². The summed E-state index contributed by atoms with van der Waals surface area (Å²) in [5.41, 5.74) is 0.981. The first-order chi connectivity index (χ1) is 12.0. The molecule has 0 bridgehead atoms. The zero-order chi connectivity index (χ0) is 18.0. The highest BCUT2D eigenvalue weighted by Crippen LogP contribution is 2.38. The van der Waals surface area contributed by atoms with Crippen LogP contribution in [0.4, 0.5) is 0 Å². The van der Waals surface area contributed by atoms with E-state index in [4.69, 9.17) is 9.47 Å². The predicted octanol–water partition coefficient (Wildman–Crippen LogP) is 3.99. The summed E-state index contributed by atoms with van der Waals surface area (Å²) in [5.74, 6) is 1.36. The molecule has 1 heterocycles. The molecule has 0 aliphatic carbocycles. The molecule has 2 aromatic carbocycles. The number of sulfonamides is 1. The first-order valence-electron chi connectivity index (χ1n) is 7.96. The second-order valence-electron chi connectivity index (χ2n) is 5.84. The van der Waals surface area contributed by atoms with Gasteiger partial charge in [0.05, 0.1) is 29.6 Å². The summed E-state index contributed by atoms with van der Waals surface area (Å²) in [6.45, 7) is 0.517. The van der Waals surface area contributed by atoms with Crippen LogP contribution in [0.5, 0.6) is 11.5 Å². The van der Waals surface area contributed by atoms with E-state index < -0.39 is 10.0 Å². The van der Waals surface area contributed by atoms with Crippen molar-refractivity contribution in [2.24, 2.45) is 0 Å². The van der Waals surface area contributed by atoms with Gasteiger partial charge in [0.25, 0.3) is 0 Å². The summed E-state index contributed by atoms with van der Waals surface area (Å²) in [7, 11) is -0.419. The van der Waals surface area contributed by atoms with Crippen LogP contribution in [0, 0.1) is 0 Å². The topological polar surface area (TPSA) is 55.8 Å². The van der Waals surface area contributed by atoms with Gasteiger partial charge in [-0.25, -0.2) is 8.42 Å². The number of hydrogen-bond donors (Lipinski definition) is 0. The second kappa shape index (κ2) is 7.35. The molecule has 1 fully saturated rings. The number of methoxy groups -OCH3 is 2. The van der Waals surface area contributed by atoms with Crippen LogP contribution in [-0.2, 0) is 10.0 Å². The van der Waals surface area contributed by atoms with Crippen molar-refractivity contribution in [1.82, 2.24) is 4.31 Å². The zero-order valence-corrected chi connectivity index (χ0v) is 16.5. The molecular weight excluding hydrogens is 406 g/mol. The Bertz CT molecular complexity index is 852. The normalized spacial score (nSPS) is 18.3. The number of hydrogen-bond acceptors (Lipinski definition) is 4. The third-order valence-corrected chi connectivity index (χ3v) is 6.96. The van der Waals surface area contributed by atoms with Crippen molar-refractivity contribution in [2.45, 2.75) is 23.8 Å². The third-order valence-electron chi connectivity index (χ3n) is 4.43. The molecule has 0 N–H and O–H groups in total. The van der Waals surface area contributed by atoms with E-state index in [0.29, 0.717) is 16.8 Å². The summed E-state index contributed by atoms with van der Waals surface area (Å²) in [5, 5.41) is 0. The van der Waals surface area contributed by atoms with E-state index in [1.165, 1.54) is 0 Å². The Morgan fingerprint density at radius 1 is 1.08 bits per heavy atom. The summed E-state index contributed by atoms with van der Waals surface area (Å²) in [6.07, 6.45) is 1.65. The molecule has 2 aromatic rings. The Morgan fingerprint density at radius 2 is 1.80 bits per heavy atom. The predicted molar refractivity (Wildman–Crippen MR) is 99.6 cm³/mol. The molecule has 0 amide bonds. The minimum Gasteiger partial charge on any atom is -0.497 e. The lowest BCUT2D eigenvalue weighted by Gasteiger charge is -2.25. The first kappa shape index (κ1) is 18.2. The van der Waals surface area contributed by atoms with Crippen LogP contribution in [-0.4, -0.2) is 33.5 Å². The van der Waals surface area contributed by atoms with Crippen LogP contribution >= 0.6 is 15.9 Å². The molecule has 7 heteroatoms. The molecule has 1 aliphatic rings. The van der Waals surface area contributed by atoms with Gasteiger partial charge in [0, 0.05) is 6.54 Å². The van der Waals surface area contributed by atoms with Crippen molar-refractivity contribution in [3.05, 3.63) is 52.5 Å². The maximum Gasteiger partial charge on any atom is 0.243 e. The summed E-state index contributed by atoms with van der Waals surface area (Å²) < 4.78 is 38.8. The largest absolute Gasteiger partial charge is 0.497 e. The molecular formula is C18H20BrNO4S. The average Bonchev–Trinajstić information content (AvgIpc) is 3.12. The average molecular weight is 426 g/mol. The van der Waals surface area contributed by atoms with Gasteiger partial charge in [-0.15, -0.1) is 0 Å². The standard InChI is InChI=1S/C18H20BrNO4S/c1-23-14-7-5-13(6-8-14)17-4-3-11-20(17)25(21,22)15-9-10-18(24-2)16(19)12-15/h5-10,12,17H,3-4,11H2,1-2H3. The van der Waals surface area contributed by atoms with Crippen molar-refractivity contribution in [2.75, 3.05) is 20.8 Å². The van der Waals surface area contributed by atoms with Crippen LogP contribution in [0.1, 0.15) is 24.4 Å². The van der Waals surface area contributed by atoms with Crippen molar-refractivity contribution >= 4 is 26.0 Å². The van der Waals surface area contributed by atoms with Crippen LogP contribution < -0.4 is 9.47 Å². The summed E-state index contributed by atoms with van der Waals surface area (Å²) in [4.78, 5) is 0.264. The molecule has 25 heavy (non-hydrogen) atoms. The Labute approximate surface area is 156 Å². The van der Waals surface area contributed by atoms with Crippen LogP contribution in [0.2, 0.25) is 0 Å². The minimum absolute atomic E-state index is 0.156. The van der Waals surface area contributed by atoms with Crippen LogP contribution in [0.15, 0.2) is 51.8 Å². The quantitative estimate of drug-likeness (QED) is 0.726. The van der Waals surface area contributed by atoms with Gasteiger partial charge in [-0.3, -0.25) is 0 Å². The van der Waals surface area contributed by atoms with E-state index in [2.05, 4.69) is 15.9 Å². The molecule has 134 valence electrons. The molecule has 0 saturated carbocycles. The molecule has 0 radical (unpaired) electrons. The number of halogens is 1. The number of ether oxygens (including phenoxy) is 2. The Morgan fingerprint density at radius 3 is 2.40 bits per heavy atom. The molecule has 1 atom stereocenters. The van der Waals surface area contributed by atoms with Gasteiger partial charge in [-0.2, -0.15) is 4.31 Å². The van der Waals surface area contributed by atoms with Gasteiger partial charge in [-0.1, -0.05) is 12.1 Å². The molecule has 1 aliphatic heterocycles. The minimum atomic E-state index is -3.58. The Kier molecular flexibility index (Phi) is 5.36. The fourth-order valence-corrected chi connectivity index (χ4v) is 5.53. The molecule has 1 saturated heterocycles. The van der Waals surface area contributed by atoms with Gasteiger partial charge >= 0.3 is 0 Å². The number of rotatable bonds is 5. The van der Waals surface area contributed by atoms with Crippen LogP contribution in [0.3, 0.4) is 0 Å².